The first kappa shape index (κ1) is 20.7. The zero-order chi connectivity index (χ0) is 21.9. The van der Waals surface area contributed by atoms with Gasteiger partial charge >= 0.3 is 0 Å². The third kappa shape index (κ3) is 4.39. The summed E-state index contributed by atoms with van der Waals surface area (Å²) in [6.07, 6.45) is 7.53. The van der Waals surface area contributed by atoms with Crippen molar-refractivity contribution < 1.29 is 14.2 Å². The van der Waals surface area contributed by atoms with Crippen LogP contribution in [0.2, 0.25) is 0 Å². The molecule has 3 atom stereocenters. The van der Waals surface area contributed by atoms with Gasteiger partial charge in [0.1, 0.15) is 11.6 Å². The summed E-state index contributed by atoms with van der Waals surface area (Å²) >= 11 is 0. The molecule has 3 aromatic rings. The van der Waals surface area contributed by atoms with Gasteiger partial charge in [0.2, 0.25) is 0 Å². The average molecular weight is 427 g/mol. The molecule has 2 nitrogen and oxygen atoms in total. The van der Waals surface area contributed by atoms with Gasteiger partial charge < -0.3 is 9.84 Å². The van der Waals surface area contributed by atoms with Crippen LogP contribution in [0.25, 0.3) is 0 Å². The van der Waals surface area contributed by atoms with Gasteiger partial charge in [0.25, 0.3) is 0 Å². The van der Waals surface area contributed by atoms with Crippen LogP contribution in [0.1, 0.15) is 47.8 Å². The first-order chi connectivity index (χ1) is 15.7. The van der Waals surface area contributed by atoms with Gasteiger partial charge in [-0.3, -0.25) is 0 Å². The highest BCUT2D eigenvalue weighted by Gasteiger charge is 2.35. The SMILES string of the molecule is Oc1ccc([C@@H]2C3=CCC(OCc4ccccc4)C=C3CC[C@@H]2c2ccc(F)cc2)cc1. The lowest BCUT2D eigenvalue weighted by molar-refractivity contribution is 0.0719. The highest BCUT2D eigenvalue weighted by Crippen LogP contribution is 2.51. The van der Waals surface area contributed by atoms with Gasteiger partial charge in [-0.05, 0) is 77.3 Å². The largest absolute Gasteiger partial charge is 0.508 e. The van der Waals surface area contributed by atoms with Crippen molar-refractivity contribution in [3.63, 3.8) is 0 Å². The summed E-state index contributed by atoms with van der Waals surface area (Å²) in [4.78, 5) is 0. The molecular weight excluding hydrogens is 399 g/mol. The van der Waals surface area contributed by atoms with Crippen LogP contribution >= 0.6 is 0 Å². The number of phenols is 1. The van der Waals surface area contributed by atoms with Crippen LogP contribution in [0.15, 0.2) is 102 Å². The van der Waals surface area contributed by atoms with Gasteiger partial charge in [0.05, 0.1) is 12.7 Å². The van der Waals surface area contributed by atoms with Crippen LogP contribution < -0.4 is 0 Å². The second-order valence-corrected chi connectivity index (χ2v) is 8.69. The molecule has 0 radical (unpaired) electrons. The van der Waals surface area contributed by atoms with Crippen molar-refractivity contribution in [2.75, 3.05) is 0 Å². The van der Waals surface area contributed by atoms with Gasteiger partial charge in [0.15, 0.2) is 0 Å². The molecule has 32 heavy (non-hydrogen) atoms. The van der Waals surface area contributed by atoms with Crippen molar-refractivity contribution in [1.82, 2.24) is 0 Å². The standard InChI is InChI=1S/C29H27FO2/c30-24-11-6-21(7-12-24)27-16-10-23-18-26(32-19-20-4-2-1-3-5-20)15-17-28(23)29(27)22-8-13-25(31)14-9-22/h1-9,11-14,17-18,26-27,29,31H,10,15-16,19H2/t26?,27-,29+/m1/s1. The molecule has 0 heterocycles. The Balaban J connectivity index is 1.42. The Morgan fingerprint density at radius 3 is 2.34 bits per heavy atom. The van der Waals surface area contributed by atoms with Crippen LogP contribution in [0, 0.1) is 5.82 Å². The molecule has 3 heteroatoms. The number of benzene rings is 3. The molecule has 3 aromatic carbocycles. The van der Waals surface area contributed by atoms with E-state index in [1.54, 1.807) is 24.3 Å². The van der Waals surface area contributed by atoms with Crippen LogP contribution in [-0.4, -0.2) is 11.2 Å². The molecule has 162 valence electrons. The number of rotatable bonds is 5. The van der Waals surface area contributed by atoms with Crippen molar-refractivity contribution in [2.24, 2.45) is 0 Å². The van der Waals surface area contributed by atoms with Crippen molar-refractivity contribution in [3.8, 4) is 5.75 Å². The summed E-state index contributed by atoms with van der Waals surface area (Å²) in [7, 11) is 0. The lowest BCUT2D eigenvalue weighted by Crippen LogP contribution is -2.24. The third-order valence-electron chi connectivity index (χ3n) is 6.65. The van der Waals surface area contributed by atoms with E-state index in [1.165, 1.54) is 22.3 Å². The predicted molar refractivity (Wildman–Crippen MR) is 125 cm³/mol. The maximum atomic E-state index is 13.6. The normalized spacial score (nSPS) is 22.6. The molecule has 1 unspecified atom stereocenters. The number of halogens is 1. The molecule has 1 N–H and O–H groups in total. The monoisotopic (exact) mass is 426 g/mol. The summed E-state index contributed by atoms with van der Waals surface area (Å²) in [5.74, 6) is 0.508. The number of ether oxygens (including phenoxy) is 1. The minimum Gasteiger partial charge on any atom is -0.508 e. The number of hydrogen-bond acceptors (Lipinski definition) is 2. The molecule has 0 amide bonds. The van der Waals surface area contributed by atoms with E-state index < -0.39 is 0 Å². The molecule has 0 bridgehead atoms. The highest BCUT2D eigenvalue weighted by molar-refractivity contribution is 5.50. The predicted octanol–water partition coefficient (Wildman–Crippen LogP) is 7.03. The second kappa shape index (κ2) is 9.13. The first-order valence-electron chi connectivity index (χ1n) is 11.3. The van der Waals surface area contributed by atoms with Gasteiger partial charge in [-0.1, -0.05) is 66.7 Å². The number of phenolic OH excluding ortho intramolecular Hbond substituents is 1. The molecule has 1 saturated carbocycles. The summed E-state index contributed by atoms with van der Waals surface area (Å²) in [6.45, 7) is 0.609. The van der Waals surface area contributed by atoms with Crippen molar-refractivity contribution in [1.29, 1.82) is 0 Å². The van der Waals surface area contributed by atoms with Gasteiger partial charge in [-0.25, -0.2) is 4.39 Å². The van der Waals surface area contributed by atoms with E-state index in [9.17, 15) is 9.50 Å². The molecule has 2 aliphatic carbocycles. The minimum atomic E-state index is -0.207. The maximum absolute atomic E-state index is 13.6. The van der Waals surface area contributed by atoms with E-state index in [0.29, 0.717) is 6.61 Å². The zero-order valence-electron chi connectivity index (χ0n) is 18.0. The number of aromatic hydroxyl groups is 1. The number of allylic oxidation sites excluding steroid dienone is 2. The first-order valence-corrected chi connectivity index (χ1v) is 11.3. The average Bonchev–Trinajstić information content (AvgIpc) is 2.84. The van der Waals surface area contributed by atoms with E-state index >= 15 is 0 Å². The van der Waals surface area contributed by atoms with Crippen LogP contribution in [-0.2, 0) is 11.3 Å². The van der Waals surface area contributed by atoms with Crippen LogP contribution in [0.5, 0.6) is 5.75 Å². The molecule has 0 aromatic heterocycles. The molecule has 0 saturated heterocycles. The number of hydrogen-bond donors (Lipinski definition) is 1. The third-order valence-corrected chi connectivity index (χ3v) is 6.65. The fourth-order valence-electron chi connectivity index (χ4n) is 5.07. The smallest absolute Gasteiger partial charge is 0.123 e. The van der Waals surface area contributed by atoms with E-state index in [0.717, 1.165) is 24.8 Å². The van der Waals surface area contributed by atoms with Gasteiger partial charge in [0, 0.05) is 5.92 Å². The van der Waals surface area contributed by atoms with E-state index in [4.69, 9.17) is 4.74 Å². The maximum Gasteiger partial charge on any atom is 0.123 e. The Morgan fingerprint density at radius 1 is 0.875 bits per heavy atom. The molecule has 1 fully saturated rings. The van der Waals surface area contributed by atoms with Crippen molar-refractivity contribution in [2.45, 2.75) is 43.8 Å². The molecule has 2 aliphatic rings. The topological polar surface area (TPSA) is 29.5 Å². The van der Waals surface area contributed by atoms with Crippen LogP contribution in [0.4, 0.5) is 4.39 Å². The fraction of sp³-hybridized carbons (Fsp3) is 0.241. The van der Waals surface area contributed by atoms with Crippen molar-refractivity contribution >= 4 is 0 Å². The molecule has 0 spiro atoms. The minimum absolute atomic E-state index is 0.0804. The summed E-state index contributed by atoms with van der Waals surface area (Å²) in [5.41, 5.74) is 6.22. The fourth-order valence-corrected chi connectivity index (χ4v) is 5.07. The molecule has 0 aliphatic heterocycles. The van der Waals surface area contributed by atoms with Crippen LogP contribution in [0.3, 0.4) is 0 Å². The molecular formula is C29H27FO2. The Bertz CT molecular complexity index is 1110. The summed E-state index contributed by atoms with van der Waals surface area (Å²) in [5, 5.41) is 9.80. The van der Waals surface area contributed by atoms with Crippen molar-refractivity contribution in [3.05, 3.63) is 125 Å². The zero-order valence-corrected chi connectivity index (χ0v) is 18.0. The second-order valence-electron chi connectivity index (χ2n) is 8.69. The van der Waals surface area contributed by atoms with Gasteiger partial charge in [-0.15, -0.1) is 0 Å². The Labute approximate surface area is 188 Å². The summed E-state index contributed by atoms with van der Waals surface area (Å²) in [6, 6.07) is 24.7. The lowest BCUT2D eigenvalue weighted by atomic mass is 9.66. The Kier molecular flexibility index (Phi) is 5.91. The Morgan fingerprint density at radius 2 is 1.59 bits per heavy atom. The Hall–Kier alpha value is -3.17. The van der Waals surface area contributed by atoms with E-state index in [1.807, 2.05) is 42.5 Å². The quantitative estimate of drug-likeness (QED) is 0.474. The van der Waals surface area contributed by atoms with Gasteiger partial charge in [-0.2, -0.15) is 0 Å². The van der Waals surface area contributed by atoms with E-state index in [-0.39, 0.29) is 29.5 Å². The highest BCUT2D eigenvalue weighted by atomic mass is 19.1. The summed E-state index contributed by atoms with van der Waals surface area (Å²) < 4.78 is 19.8. The van der Waals surface area contributed by atoms with E-state index in [2.05, 4.69) is 24.3 Å². The number of fused-ring (bicyclic) bond motifs is 1. The molecule has 5 rings (SSSR count). The lowest BCUT2D eigenvalue weighted by Gasteiger charge is -2.39.